The Labute approximate surface area is 123 Å². The van der Waals surface area contributed by atoms with E-state index in [9.17, 15) is 9.59 Å². The molecule has 1 N–H and O–H groups in total. The molecule has 1 saturated heterocycles. The molecule has 3 heterocycles. The molecule has 8 heteroatoms. The van der Waals surface area contributed by atoms with Crippen molar-refractivity contribution in [2.45, 2.75) is 32.9 Å². The Hall–Kier alpha value is -2.12. The third-order valence-corrected chi connectivity index (χ3v) is 3.91. The van der Waals surface area contributed by atoms with E-state index in [2.05, 4.69) is 15.4 Å². The van der Waals surface area contributed by atoms with Crippen LogP contribution in [0.1, 0.15) is 24.5 Å². The van der Waals surface area contributed by atoms with Gasteiger partial charge in [-0.05, 0) is 19.8 Å². The Bertz CT molecular complexity index is 549. The first-order valence-corrected chi connectivity index (χ1v) is 7.34. The summed E-state index contributed by atoms with van der Waals surface area (Å²) in [4.78, 5) is 31.8. The van der Waals surface area contributed by atoms with Crippen molar-refractivity contribution in [3.05, 3.63) is 11.6 Å². The van der Waals surface area contributed by atoms with Crippen LogP contribution in [0.2, 0.25) is 0 Å². The van der Waals surface area contributed by atoms with E-state index in [0.29, 0.717) is 19.6 Å². The van der Waals surface area contributed by atoms with E-state index >= 15 is 0 Å². The van der Waals surface area contributed by atoms with Gasteiger partial charge in [-0.1, -0.05) is 0 Å². The summed E-state index contributed by atoms with van der Waals surface area (Å²) in [5, 5.41) is 6.96. The highest BCUT2D eigenvalue weighted by molar-refractivity contribution is 5.84. The largest absolute Gasteiger partial charge is 0.341 e. The zero-order valence-electron chi connectivity index (χ0n) is 12.2. The molecule has 3 rings (SSSR count). The van der Waals surface area contributed by atoms with Gasteiger partial charge >= 0.3 is 6.03 Å². The van der Waals surface area contributed by atoms with Crippen LogP contribution in [0.3, 0.4) is 0 Å². The standard InChI is InChI=1S/C13H20N6O2/c1-10-15-11-9-18(6-7-19(11)16-10)13(21)14-8-12(20)17-4-2-3-5-17/h2-9H2,1H3,(H,14,21). The van der Waals surface area contributed by atoms with Crippen molar-refractivity contribution in [2.24, 2.45) is 0 Å². The maximum atomic E-state index is 12.1. The number of carbonyl (C=O) groups is 2. The van der Waals surface area contributed by atoms with Crippen LogP contribution in [0.25, 0.3) is 0 Å². The number of amides is 3. The molecule has 0 aliphatic carbocycles. The molecule has 0 unspecified atom stereocenters. The monoisotopic (exact) mass is 292 g/mol. The fraction of sp³-hybridized carbons (Fsp3) is 0.692. The molecule has 21 heavy (non-hydrogen) atoms. The van der Waals surface area contributed by atoms with Crippen LogP contribution in [0, 0.1) is 6.92 Å². The van der Waals surface area contributed by atoms with Crippen molar-refractivity contribution in [2.75, 3.05) is 26.2 Å². The number of nitrogens with one attached hydrogen (secondary N) is 1. The number of urea groups is 1. The second-order valence-electron chi connectivity index (χ2n) is 5.47. The van der Waals surface area contributed by atoms with Gasteiger partial charge in [0.05, 0.1) is 19.6 Å². The van der Waals surface area contributed by atoms with Crippen molar-refractivity contribution in [3.63, 3.8) is 0 Å². The molecule has 0 radical (unpaired) electrons. The van der Waals surface area contributed by atoms with E-state index in [-0.39, 0.29) is 18.5 Å². The summed E-state index contributed by atoms with van der Waals surface area (Å²) in [7, 11) is 0. The van der Waals surface area contributed by atoms with Crippen LogP contribution in [-0.2, 0) is 17.9 Å². The molecule has 0 bridgehead atoms. The van der Waals surface area contributed by atoms with Crippen molar-refractivity contribution < 1.29 is 9.59 Å². The van der Waals surface area contributed by atoms with Gasteiger partial charge in [0, 0.05) is 19.6 Å². The number of fused-ring (bicyclic) bond motifs is 1. The van der Waals surface area contributed by atoms with Crippen molar-refractivity contribution in [1.82, 2.24) is 29.9 Å². The van der Waals surface area contributed by atoms with Gasteiger partial charge in [-0.15, -0.1) is 0 Å². The predicted octanol–water partition coefficient (Wildman–Crippen LogP) is -0.266. The second-order valence-corrected chi connectivity index (χ2v) is 5.47. The SMILES string of the molecule is Cc1nc2n(n1)CCN(C(=O)NCC(=O)N1CCCC1)C2. The molecule has 2 aliphatic heterocycles. The van der Waals surface area contributed by atoms with E-state index in [1.54, 1.807) is 9.80 Å². The summed E-state index contributed by atoms with van der Waals surface area (Å²) >= 11 is 0. The van der Waals surface area contributed by atoms with Crippen molar-refractivity contribution in [3.8, 4) is 0 Å². The molecular weight excluding hydrogens is 272 g/mol. The molecule has 1 aromatic heterocycles. The van der Waals surface area contributed by atoms with Gasteiger partial charge < -0.3 is 15.1 Å². The van der Waals surface area contributed by atoms with Gasteiger partial charge in [-0.25, -0.2) is 14.5 Å². The predicted molar refractivity (Wildman–Crippen MR) is 74.4 cm³/mol. The summed E-state index contributed by atoms with van der Waals surface area (Å²) in [6.45, 7) is 5.18. The minimum atomic E-state index is -0.213. The quantitative estimate of drug-likeness (QED) is 0.813. The molecule has 0 aromatic carbocycles. The zero-order valence-corrected chi connectivity index (χ0v) is 12.2. The van der Waals surface area contributed by atoms with Gasteiger partial charge in [0.2, 0.25) is 5.91 Å². The van der Waals surface area contributed by atoms with Crippen LogP contribution >= 0.6 is 0 Å². The molecule has 2 aliphatic rings. The molecule has 3 amide bonds. The Morgan fingerprint density at radius 1 is 1.14 bits per heavy atom. The molecule has 114 valence electrons. The third-order valence-electron chi connectivity index (χ3n) is 3.91. The van der Waals surface area contributed by atoms with Gasteiger partial charge in [0.1, 0.15) is 11.6 Å². The fourth-order valence-corrected chi connectivity index (χ4v) is 2.78. The number of aromatic nitrogens is 3. The van der Waals surface area contributed by atoms with Crippen molar-refractivity contribution in [1.29, 1.82) is 0 Å². The number of hydrogen-bond acceptors (Lipinski definition) is 4. The molecule has 1 fully saturated rings. The Morgan fingerprint density at radius 2 is 1.90 bits per heavy atom. The van der Waals surface area contributed by atoms with Gasteiger partial charge in [0.25, 0.3) is 0 Å². The lowest BCUT2D eigenvalue weighted by Gasteiger charge is -2.27. The minimum Gasteiger partial charge on any atom is -0.341 e. The maximum absolute atomic E-state index is 12.1. The lowest BCUT2D eigenvalue weighted by Crippen LogP contribution is -2.47. The second kappa shape index (κ2) is 5.71. The lowest BCUT2D eigenvalue weighted by molar-refractivity contribution is -0.129. The average molecular weight is 292 g/mol. The molecule has 0 atom stereocenters. The molecule has 0 saturated carbocycles. The van der Waals surface area contributed by atoms with E-state index in [1.165, 1.54) is 0 Å². The number of nitrogens with zero attached hydrogens (tertiary/aromatic N) is 5. The first kappa shape index (κ1) is 13.8. The summed E-state index contributed by atoms with van der Waals surface area (Å²) < 4.78 is 1.83. The zero-order chi connectivity index (χ0) is 14.8. The summed E-state index contributed by atoms with van der Waals surface area (Å²) in [5.41, 5.74) is 0. The van der Waals surface area contributed by atoms with E-state index in [1.807, 2.05) is 11.6 Å². The highest BCUT2D eigenvalue weighted by Crippen LogP contribution is 2.10. The van der Waals surface area contributed by atoms with Crippen LogP contribution in [0.5, 0.6) is 0 Å². The summed E-state index contributed by atoms with van der Waals surface area (Å²) in [6, 6.07) is -0.213. The topological polar surface area (TPSA) is 83.4 Å². The number of carbonyl (C=O) groups excluding carboxylic acids is 2. The molecule has 0 spiro atoms. The first-order valence-electron chi connectivity index (χ1n) is 7.34. The van der Waals surface area contributed by atoms with E-state index in [4.69, 9.17) is 0 Å². The highest BCUT2D eigenvalue weighted by atomic mass is 16.2. The van der Waals surface area contributed by atoms with Crippen LogP contribution in [0.4, 0.5) is 4.79 Å². The number of rotatable bonds is 2. The average Bonchev–Trinajstić information content (AvgIpc) is 3.11. The number of hydrogen-bond donors (Lipinski definition) is 1. The molecule has 8 nitrogen and oxygen atoms in total. The highest BCUT2D eigenvalue weighted by Gasteiger charge is 2.24. The van der Waals surface area contributed by atoms with Crippen LogP contribution in [0.15, 0.2) is 0 Å². The van der Waals surface area contributed by atoms with Crippen LogP contribution in [-0.4, -0.2) is 62.7 Å². The third kappa shape index (κ3) is 2.98. The van der Waals surface area contributed by atoms with Gasteiger partial charge in [-0.3, -0.25) is 4.79 Å². The Kier molecular flexibility index (Phi) is 3.76. The molecular formula is C13H20N6O2. The van der Waals surface area contributed by atoms with Crippen molar-refractivity contribution >= 4 is 11.9 Å². The lowest BCUT2D eigenvalue weighted by atomic mass is 10.4. The normalized spacial score (nSPS) is 17.8. The number of likely N-dealkylation sites (tertiary alicyclic amines) is 1. The van der Waals surface area contributed by atoms with E-state index < -0.39 is 0 Å². The number of aryl methyl sites for hydroxylation is 1. The van der Waals surface area contributed by atoms with Gasteiger partial charge in [-0.2, -0.15) is 5.10 Å². The Balaban J connectivity index is 1.51. The fourth-order valence-electron chi connectivity index (χ4n) is 2.78. The first-order chi connectivity index (χ1) is 10.1. The summed E-state index contributed by atoms with van der Waals surface area (Å²) in [6.07, 6.45) is 2.11. The van der Waals surface area contributed by atoms with E-state index in [0.717, 1.165) is 37.6 Å². The minimum absolute atomic E-state index is 0.00290. The van der Waals surface area contributed by atoms with Gasteiger partial charge in [0.15, 0.2) is 0 Å². The molecule has 1 aromatic rings. The van der Waals surface area contributed by atoms with Crippen LogP contribution < -0.4 is 5.32 Å². The Morgan fingerprint density at radius 3 is 2.67 bits per heavy atom. The maximum Gasteiger partial charge on any atom is 0.318 e. The summed E-state index contributed by atoms with van der Waals surface area (Å²) in [5.74, 6) is 1.51. The smallest absolute Gasteiger partial charge is 0.318 e.